The van der Waals surface area contributed by atoms with E-state index in [0.29, 0.717) is 31.2 Å². The van der Waals surface area contributed by atoms with Crippen LogP contribution in [0, 0.1) is 0 Å². The van der Waals surface area contributed by atoms with Crippen molar-refractivity contribution >= 4 is 11.9 Å². The molecule has 0 saturated heterocycles. The van der Waals surface area contributed by atoms with Crippen molar-refractivity contribution in [2.45, 2.75) is 6.42 Å². The fourth-order valence-corrected chi connectivity index (χ4v) is 2.19. The number of hydrogen-bond acceptors (Lipinski definition) is 8. The summed E-state index contributed by atoms with van der Waals surface area (Å²) < 4.78 is 31.5. The number of fused-ring (bicyclic) bond motifs is 4. The minimum Gasteiger partial charge on any atom is -0.457 e. The lowest BCUT2D eigenvalue weighted by Gasteiger charge is -2.06. The molecule has 134 valence electrons. The van der Waals surface area contributed by atoms with E-state index in [4.69, 9.17) is 27.8 Å². The van der Waals surface area contributed by atoms with E-state index < -0.39 is 11.9 Å². The van der Waals surface area contributed by atoms with Crippen LogP contribution in [0.5, 0.6) is 0 Å². The van der Waals surface area contributed by atoms with Gasteiger partial charge in [-0.1, -0.05) is 0 Å². The highest BCUT2D eigenvalue weighted by atomic mass is 16.6. The molecule has 2 aromatic rings. The molecule has 4 bridgehead atoms. The van der Waals surface area contributed by atoms with Crippen molar-refractivity contribution in [1.82, 2.24) is 0 Å². The molecule has 0 saturated carbocycles. The number of carbonyl (C=O) groups excluding carboxylic acids is 2. The minimum atomic E-state index is -0.562. The number of furan rings is 2. The average molecular weight is 350 g/mol. The van der Waals surface area contributed by atoms with Gasteiger partial charge in [0.1, 0.15) is 24.7 Å². The van der Waals surface area contributed by atoms with Gasteiger partial charge in [-0.05, 0) is 24.3 Å². The van der Waals surface area contributed by atoms with E-state index in [1.165, 1.54) is 12.1 Å². The van der Waals surface area contributed by atoms with Crippen LogP contribution in [0.4, 0.5) is 0 Å². The van der Waals surface area contributed by atoms with Crippen molar-refractivity contribution < 1.29 is 37.4 Å². The fraction of sp³-hybridized carbons (Fsp3) is 0.412. The van der Waals surface area contributed by atoms with E-state index in [-0.39, 0.29) is 37.9 Å². The van der Waals surface area contributed by atoms with Gasteiger partial charge in [-0.15, -0.1) is 0 Å². The molecule has 0 spiro atoms. The van der Waals surface area contributed by atoms with Gasteiger partial charge >= 0.3 is 11.9 Å². The molecule has 25 heavy (non-hydrogen) atoms. The lowest BCUT2D eigenvalue weighted by atomic mass is 10.3. The molecule has 3 heterocycles. The van der Waals surface area contributed by atoms with E-state index in [2.05, 4.69) is 0 Å². The molecule has 0 aromatic carbocycles. The standard InChI is InChI=1S/C17H18O8/c18-16-14-3-1-12(24-14)11-13-2-4-15(25-13)17(19)23-10-8-21-6-5-20-7-9-22-16/h1-4H,5-11H2. The maximum Gasteiger partial charge on any atom is 0.374 e. The Morgan fingerprint density at radius 3 is 1.52 bits per heavy atom. The van der Waals surface area contributed by atoms with Crippen molar-refractivity contribution in [1.29, 1.82) is 0 Å². The lowest BCUT2D eigenvalue weighted by Crippen LogP contribution is -2.14. The number of cyclic esters (lactones) is 2. The van der Waals surface area contributed by atoms with Gasteiger partial charge in [0.05, 0.1) is 32.8 Å². The largest absolute Gasteiger partial charge is 0.457 e. The number of carbonyl (C=O) groups is 2. The minimum absolute atomic E-state index is 0.0995. The maximum atomic E-state index is 11.9. The summed E-state index contributed by atoms with van der Waals surface area (Å²) in [4.78, 5) is 23.7. The SMILES string of the molecule is O=C1OCCOCCOCCOC(=O)c2ccc(o2)Cc2ccc1o2. The van der Waals surface area contributed by atoms with Gasteiger partial charge in [0, 0.05) is 0 Å². The Hall–Kier alpha value is -2.58. The van der Waals surface area contributed by atoms with E-state index in [0.717, 1.165) is 0 Å². The van der Waals surface area contributed by atoms with Crippen molar-refractivity contribution in [3.63, 3.8) is 0 Å². The van der Waals surface area contributed by atoms with Crippen LogP contribution >= 0.6 is 0 Å². The summed E-state index contributed by atoms with van der Waals surface area (Å²) in [5.41, 5.74) is 0. The molecule has 1 aliphatic rings. The van der Waals surface area contributed by atoms with Gasteiger partial charge in [-0.2, -0.15) is 0 Å². The number of rotatable bonds is 0. The van der Waals surface area contributed by atoms with Crippen LogP contribution in [0.2, 0.25) is 0 Å². The van der Waals surface area contributed by atoms with E-state index in [1.807, 2.05) is 0 Å². The van der Waals surface area contributed by atoms with Crippen LogP contribution in [-0.2, 0) is 25.4 Å². The van der Waals surface area contributed by atoms with Gasteiger partial charge in [-0.3, -0.25) is 0 Å². The molecule has 1 aliphatic heterocycles. The monoisotopic (exact) mass is 350 g/mol. The lowest BCUT2D eigenvalue weighted by molar-refractivity contribution is 0.000747. The molecule has 0 amide bonds. The highest BCUT2D eigenvalue weighted by molar-refractivity contribution is 5.86. The second kappa shape index (κ2) is 8.50. The molecular formula is C17H18O8. The zero-order chi connectivity index (χ0) is 17.5. The highest BCUT2D eigenvalue weighted by Crippen LogP contribution is 2.17. The van der Waals surface area contributed by atoms with Gasteiger partial charge in [0.2, 0.25) is 11.5 Å². The summed E-state index contributed by atoms with van der Waals surface area (Å²) in [7, 11) is 0. The highest BCUT2D eigenvalue weighted by Gasteiger charge is 2.16. The van der Waals surface area contributed by atoms with E-state index in [9.17, 15) is 9.59 Å². The molecule has 0 atom stereocenters. The Morgan fingerprint density at radius 1 is 0.600 bits per heavy atom. The van der Waals surface area contributed by atoms with Gasteiger partial charge in [-0.25, -0.2) is 9.59 Å². The Kier molecular flexibility index (Phi) is 5.86. The predicted molar refractivity (Wildman–Crippen MR) is 82.4 cm³/mol. The Morgan fingerprint density at radius 2 is 1.04 bits per heavy atom. The summed E-state index contributed by atoms with van der Waals surface area (Å²) in [6, 6.07) is 6.37. The number of esters is 2. The number of ether oxygens (including phenoxy) is 4. The smallest absolute Gasteiger partial charge is 0.374 e. The topological polar surface area (TPSA) is 97.3 Å². The molecule has 3 rings (SSSR count). The first-order valence-electron chi connectivity index (χ1n) is 7.89. The van der Waals surface area contributed by atoms with Crippen molar-refractivity contribution in [3.05, 3.63) is 47.3 Å². The van der Waals surface area contributed by atoms with E-state index in [1.54, 1.807) is 12.1 Å². The first-order chi connectivity index (χ1) is 12.2. The van der Waals surface area contributed by atoms with Crippen LogP contribution in [0.1, 0.15) is 32.6 Å². The fourth-order valence-electron chi connectivity index (χ4n) is 2.19. The van der Waals surface area contributed by atoms with E-state index >= 15 is 0 Å². The van der Waals surface area contributed by atoms with Crippen molar-refractivity contribution in [2.24, 2.45) is 0 Å². The summed E-state index contributed by atoms with van der Waals surface area (Å²) in [6.45, 7) is 1.44. The Bertz CT molecular complexity index is 654. The molecule has 8 nitrogen and oxygen atoms in total. The average Bonchev–Trinajstić information content (AvgIpc) is 3.25. The summed E-state index contributed by atoms with van der Waals surface area (Å²) in [6.07, 6.45) is 0.298. The third-order valence-corrected chi connectivity index (χ3v) is 3.37. The molecule has 2 aromatic heterocycles. The third kappa shape index (κ3) is 4.94. The molecule has 8 heteroatoms. The zero-order valence-electron chi connectivity index (χ0n) is 13.5. The number of hydrogen-bond donors (Lipinski definition) is 0. The molecule has 0 fully saturated rings. The van der Waals surface area contributed by atoms with Gasteiger partial charge in [0.25, 0.3) is 0 Å². The van der Waals surface area contributed by atoms with Crippen LogP contribution in [0.15, 0.2) is 33.1 Å². The summed E-state index contributed by atoms with van der Waals surface area (Å²) >= 11 is 0. The molecule has 0 N–H and O–H groups in total. The molecule has 0 unspecified atom stereocenters. The Labute approximate surface area is 143 Å². The predicted octanol–water partition coefficient (Wildman–Crippen LogP) is 1.82. The summed E-state index contributed by atoms with van der Waals surface area (Å²) in [5, 5.41) is 0. The maximum absolute atomic E-state index is 11.9. The second-order valence-corrected chi connectivity index (χ2v) is 5.21. The molecular weight excluding hydrogens is 332 g/mol. The second-order valence-electron chi connectivity index (χ2n) is 5.21. The first kappa shape index (κ1) is 17.2. The molecule has 0 radical (unpaired) electrons. The van der Waals surface area contributed by atoms with Crippen molar-refractivity contribution in [2.75, 3.05) is 39.6 Å². The van der Waals surface area contributed by atoms with Crippen molar-refractivity contribution in [3.8, 4) is 0 Å². The van der Waals surface area contributed by atoms with Crippen LogP contribution < -0.4 is 0 Å². The van der Waals surface area contributed by atoms with Crippen LogP contribution in [0.25, 0.3) is 0 Å². The molecule has 0 aliphatic carbocycles. The third-order valence-electron chi connectivity index (χ3n) is 3.37. The van der Waals surface area contributed by atoms with Crippen LogP contribution in [-0.4, -0.2) is 51.6 Å². The summed E-state index contributed by atoms with van der Waals surface area (Å²) in [5.74, 6) is 0.109. The van der Waals surface area contributed by atoms with Gasteiger partial charge < -0.3 is 27.8 Å². The van der Waals surface area contributed by atoms with Crippen LogP contribution in [0.3, 0.4) is 0 Å². The quantitative estimate of drug-likeness (QED) is 0.664. The first-order valence-corrected chi connectivity index (χ1v) is 7.89. The zero-order valence-corrected chi connectivity index (χ0v) is 13.5. The Balaban J connectivity index is 1.68. The van der Waals surface area contributed by atoms with Gasteiger partial charge in [0.15, 0.2) is 0 Å². The normalized spacial score (nSPS) is 17.8.